The summed E-state index contributed by atoms with van der Waals surface area (Å²) in [6.07, 6.45) is 0. The Hall–Kier alpha value is 1.01. The van der Waals surface area contributed by atoms with Crippen molar-refractivity contribution >= 4 is 61.0 Å². The topological polar surface area (TPSA) is 40.1 Å². The average molecular weight is 368 g/mol. The van der Waals surface area contributed by atoms with Crippen LogP contribution in [0.3, 0.4) is 0 Å². The molecule has 0 amide bonds. The molecule has 0 bridgehead atoms. The van der Waals surface area contributed by atoms with Gasteiger partial charge >= 0.3 is 0 Å². The Morgan fingerprint density at radius 3 is 2.21 bits per heavy atom. The highest BCUT2D eigenvalue weighted by molar-refractivity contribution is 9.13. The van der Waals surface area contributed by atoms with Crippen LogP contribution in [-0.4, -0.2) is 14.0 Å². The molecular formula is C8H9Br2Cl2O2-. The highest BCUT2D eigenvalue weighted by atomic mass is 79.9. The van der Waals surface area contributed by atoms with Crippen LogP contribution in [0.4, 0.5) is 0 Å². The highest BCUT2D eigenvalue weighted by Gasteiger charge is 2.64. The number of hydrogen-bond donors (Lipinski definition) is 0. The Balaban J connectivity index is 2.79. The van der Waals surface area contributed by atoms with Gasteiger partial charge in [-0.15, -0.1) is 0 Å². The summed E-state index contributed by atoms with van der Waals surface area (Å²) in [5.41, 5.74) is -0.324. The van der Waals surface area contributed by atoms with E-state index in [1.807, 2.05) is 13.8 Å². The molecule has 3 atom stereocenters. The molecule has 0 N–H and O–H groups in total. The van der Waals surface area contributed by atoms with Gasteiger partial charge in [0.25, 0.3) is 0 Å². The quantitative estimate of drug-likeness (QED) is 0.718. The predicted octanol–water partition coefficient (Wildman–Crippen LogP) is 2.30. The summed E-state index contributed by atoms with van der Waals surface area (Å²) in [5.74, 6) is -1.67. The van der Waals surface area contributed by atoms with Crippen LogP contribution in [-0.2, 0) is 4.79 Å². The van der Waals surface area contributed by atoms with E-state index in [9.17, 15) is 9.90 Å². The molecule has 1 unspecified atom stereocenters. The largest absolute Gasteiger partial charge is 0.550 e. The second kappa shape index (κ2) is 3.79. The van der Waals surface area contributed by atoms with Crippen molar-refractivity contribution in [3.63, 3.8) is 0 Å². The minimum absolute atomic E-state index is 0.123. The van der Waals surface area contributed by atoms with Gasteiger partial charge in [0.2, 0.25) is 0 Å². The third-order valence-corrected chi connectivity index (χ3v) is 6.15. The SMILES string of the molecule is CC1(C)[C@@H](C(=O)[O-])[C@@H]1C(Br)C(Cl)(Cl)Br. The van der Waals surface area contributed by atoms with Crippen LogP contribution in [0.1, 0.15) is 13.8 Å². The van der Waals surface area contributed by atoms with Gasteiger partial charge in [-0.3, -0.25) is 0 Å². The maximum Gasteiger partial charge on any atom is 0.184 e. The zero-order valence-corrected chi connectivity index (χ0v) is 12.2. The molecule has 0 aromatic rings. The van der Waals surface area contributed by atoms with Gasteiger partial charge in [0, 0.05) is 11.9 Å². The lowest BCUT2D eigenvalue weighted by Crippen LogP contribution is -2.29. The van der Waals surface area contributed by atoms with Crippen LogP contribution in [0.25, 0.3) is 0 Å². The zero-order chi connectivity index (χ0) is 11.3. The summed E-state index contributed by atoms with van der Waals surface area (Å²) in [4.78, 5) is 10.5. The van der Waals surface area contributed by atoms with Crippen molar-refractivity contribution in [1.29, 1.82) is 0 Å². The first-order chi connectivity index (χ1) is 6.10. The molecule has 0 aromatic heterocycles. The number of carboxylic acid groups (broad SMARTS) is 1. The van der Waals surface area contributed by atoms with E-state index in [-0.39, 0.29) is 16.2 Å². The lowest BCUT2D eigenvalue weighted by Gasteiger charge is -2.20. The number of aliphatic carboxylic acids is 1. The average Bonchev–Trinajstić information content (AvgIpc) is 2.49. The third-order valence-electron chi connectivity index (χ3n) is 2.79. The molecule has 0 aliphatic heterocycles. The van der Waals surface area contributed by atoms with Crippen LogP contribution < -0.4 is 5.11 Å². The Labute approximate surface area is 110 Å². The van der Waals surface area contributed by atoms with Gasteiger partial charge < -0.3 is 9.90 Å². The fourth-order valence-corrected chi connectivity index (χ4v) is 3.42. The van der Waals surface area contributed by atoms with Crippen molar-refractivity contribution in [3.05, 3.63) is 0 Å². The fourth-order valence-electron chi connectivity index (χ4n) is 1.88. The Morgan fingerprint density at radius 1 is 1.57 bits per heavy atom. The van der Waals surface area contributed by atoms with Gasteiger partial charge in [0.15, 0.2) is 3.24 Å². The predicted molar refractivity (Wildman–Crippen MR) is 61.8 cm³/mol. The number of carbonyl (C=O) groups excluding carboxylic acids is 1. The molecule has 2 nitrogen and oxygen atoms in total. The molecule has 14 heavy (non-hydrogen) atoms. The van der Waals surface area contributed by atoms with Crippen LogP contribution in [0, 0.1) is 17.3 Å². The van der Waals surface area contributed by atoms with Gasteiger partial charge in [0.05, 0.1) is 4.83 Å². The summed E-state index contributed by atoms with van der Waals surface area (Å²) in [6.45, 7) is 3.72. The van der Waals surface area contributed by atoms with E-state index in [1.54, 1.807) is 0 Å². The van der Waals surface area contributed by atoms with E-state index in [2.05, 4.69) is 31.9 Å². The summed E-state index contributed by atoms with van der Waals surface area (Å²) >= 11 is 18.1. The molecule has 0 radical (unpaired) electrons. The van der Waals surface area contributed by atoms with E-state index in [4.69, 9.17) is 23.2 Å². The normalized spacial score (nSPS) is 32.4. The lowest BCUT2D eigenvalue weighted by molar-refractivity contribution is -0.309. The van der Waals surface area contributed by atoms with E-state index in [0.29, 0.717) is 0 Å². The van der Waals surface area contributed by atoms with Crippen LogP contribution in [0.5, 0.6) is 0 Å². The number of halogens is 4. The molecule has 0 heterocycles. The van der Waals surface area contributed by atoms with Crippen molar-refractivity contribution in [2.24, 2.45) is 17.3 Å². The molecule has 1 rings (SSSR count). The minimum atomic E-state index is -1.15. The lowest BCUT2D eigenvalue weighted by atomic mass is 10.1. The fraction of sp³-hybridized carbons (Fsp3) is 0.875. The summed E-state index contributed by atoms with van der Waals surface area (Å²) in [6, 6.07) is 0. The number of alkyl halides is 4. The maximum atomic E-state index is 10.8. The van der Waals surface area contributed by atoms with E-state index < -0.39 is 15.1 Å². The molecule has 6 heteroatoms. The van der Waals surface area contributed by atoms with E-state index in [0.717, 1.165) is 0 Å². The second-order valence-electron chi connectivity index (χ2n) is 4.09. The highest BCUT2D eigenvalue weighted by Crippen LogP contribution is 2.64. The second-order valence-corrected chi connectivity index (χ2v) is 8.62. The number of carbonyl (C=O) groups is 1. The van der Waals surface area contributed by atoms with Crippen LogP contribution >= 0.6 is 55.1 Å². The van der Waals surface area contributed by atoms with E-state index >= 15 is 0 Å². The monoisotopic (exact) mass is 365 g/mol. The maximum absolute atomic E-state index is 10.8. The Bertz CT molecular complexity index is 263. The molecule has 1 fully saturated rings. The van der Waals surface area contributed by atoms with Crippen LogP contribution in [0.2, 0.25) is 0 Å². The van der Waals surface area contributed by atoms with Gasteiger partial charge in [-0.25, -0.2) is 0 Å². The third kappa shape index (κ3) is 2.23. The molecule has 1 aliphatic rings. The molecule has 82 valence electrons. The minimum Gasteiger partial charge on any atom is -0.550 e. The van der Waals surface area contributed by atoms with Gasteiger partial charge in [-0.05, 0) is 27.3 Å². The van der Waals surface area contributed by atoms with Crippen molar-refractivity contribution in [3.8, 4) is 0 Å². The molecule has 1 saturated carbocycles. The zero-order valence-electron chi connectivity index (χ0n) is 7.56. The Morgan fingerprint density at radius 2 is 2.00 bits per heavy atom. The first-order valence-corrected chi connectivity index (χ1v) is 6.48. The first-order valence-electron chi connectivity index (χ1n) is 4.01. The van der Waals surface area contributed by atoms with E-state index in [1.165, 1.54) is 0 Å². The van der Waals surface area contributed by atoms with Crippen molar-refractivity contribution < 1.29 is 9.90 Å². The summed E-state index contributed by atoms with van der Waals surface area (Å²) in [7, 11) is 0. The molecule has 0 saturated heterocycles. The first kappa shape index (κ1) is 13.1. The smallest absolute Gasteiger partial charge is 0.184 e. The van der Waals surface area contributed by atoms with Crippen LogP contribution in [0.15, 0.2) is 0 Å². The summed E-state index contributed by atoms with van der Waals surface area (Å²) < 4.78 is -1.15. The summed E-state index contributed by atoms with van der Waals surface area (Å²) in [5, 5.41) is 10.8. The van der Waals surface area contributed by atoms with Crippen molar-refractivity contribution in [2.75, 3.05) is 0 Å². The molecule has 0 spiro atoms. The van der Waals surface area contributed by atoms with Gasteiger partial charge in [0.1, 0.15) is 0 Å². The molecular weight excluding hydrogens is 359 g/mol. The Kier molecular flexibility index (Phi) is 3.54. The van der Waals surface area contributed by atoms with Crippen molar-refractivity contribution in [1.82, 2.24) is 0 Å². The van der Waals surface area contributed by atoms with Gasteiger partial charge in [-0.1, -0.05) is 53.0 Å². The number of carboxylic acids is 1. The number of rotatable bonds is 3. The molecule has 0 aromatic carbocycles. The number of hydrogen-bond acceptors (Lipinski definition) is 2. The van der Waals surface area contributed by atoms with Crippen molar-refractivity contribution in [2.45, 2.75) is 21.9 Å². The van der Waals surface area contributed by atoms with Gasteiger partial charge in [-0.2, -0.15) is 0 Å². The standard InChI is InChI=1S/C8H10Br2Cl2O2/c1-7(2)3(4(7)6(13)14)5(9)8(10,11)12/h3-5H,1-2H3,(H,13,14)/p-1/t3-,4-,5?/m1/s1. The molecule has 1 aliphatic carbocycles.